The Morgan fingerprint density at radius 3 is 2.57 bits per heavy atom. The first-order valence-corrected chi connectivity index (χ1v) is 8.30. The third-order valence-corrected chi connectivity index (χ3v) is 5.22. The lowest BCUT2D eigenvalue weighted by Gasteiger charge is -2.42. The summed E-state index contributed by atoms with van der Waals surface area (Å²) in [5.41, 5.74) is 9.44. The van der Waals surface area contributed by atoms with Crippen LogP contribution in [0.25, 0.3) is 0 Å². The summed E-state index contributed by atoms with van der Waals surface area (Å²) in [7, 11) is 2.20. The molecule has 1 saturated carbocycles. The van der Waals surface area contributed by atoms with E-state index in [1.54, 1.807) is 0 Å². The second-order valence-electron chi connectivity index (χ2n) is 8.02. The maximum atomic E-state index is 6.41. The number of hydrogen-bond donors (Lipinski definition) is 1. The monoisotopic (exact) mass is 288 g/mol. The van der Waals surface area contributed by atoms with E-state index in [4.69, 9.17) is 5.73 Å². The second kappa shape index (κ2) is 6.39. The lowest BCUT2D eigenvalue weighted by atomic mass is 9.67. The molecule has 2 rings (SSSR count). The molecule has 0 aliphatic heterocycles. The summed E-state index contributed by atoms with van der Waals surface area (Å²) < 4.78 is 0. The molecule has 3 unspecified atom stereocenters. The summed E-state index contributed by atoms with van der Waals surface area (Å²) in [5, 5.41) is 0. The van der Waals surface area contributed by atoms with Gasteiger partial charge in [-0.15, -0.1) is 0 Å². The van der Waals surface area contributed by atoms with Gasteiger partial charge in [-0.1, -0.05) is 32.9 Å². The first kappa shape index (κ1) is 16.4. The van der Waals surface area contributed by atoms with Crippen LogP contribution in [0.3, 0.4) is 0 Å². The van der Waals surface area contributed by atoms with E-state index < -0.39 is 0 Å². The molecule has 1 aromatic rings. The molecule has 1 aliphatic carbocycles. The minimum atomic E-state index is 0.357. The maximum absolute atomic E-state index is 6.41. The van der Waals surface area contributed by atoms with Crippen LogP contribution in [-0.2, 0) is 0 Å². The zero-order valence-corrected chi connectivity index (χ0v) is 14.4. The third kappa shape index (κ3) is 4.23. The quantitative estimate of drug-likeness (QED) is 0.902. The van der Waals surface area contributed by atoms with Crippen molar-refractivity contribution in [3.05, 3.63) is 29.8 Å². The van der Waals surface area contributed by atoms with E-state index in [0.717, 1.165) is 12.5 Å². The van der Waals surface area contributed by atoms with E-state index in [1.807, 2.05) is 0 Å². The summed E-state index contributed by atoms with van der Waals surface area (Å²) in [5.74, 6) is 1.40. The first-order chi connectivity index (χ1) is 9.77. The zero-order valence-electron chi connectivity index (χ0n) is 14.4. The fourth-order valence-corrected chi connectivity index (χ4v) is 3.61. The normalized spacial score (nSPS) is 26.7. The molecule has 0 radical (unpaired) electrons. The molecule has 118 valence electrons. The van der Waals surface area contributed by atoms with Crippen molar-refractivity contribution in [2.45, 2.75) is 53.0 Å². The minimum Gasteiger partial charge on any atom is -0.374 e. The van der Waals surface area contributed by atoms with Gasteiger partial charge in [0.2, 0.25) is 0 Å². The number of aryl methyl sites for hydroxylation is 1. The fourth-order valence-electron chi connectivity index (χ4n) is 3.61. The van der Waals surface area contributed by atoms with E-state index in [-0.39, 0.29) is 0 Å². The molecule has 3 atom stereocenters. The van der Waals surface area contributed by atoms with E-state index in [2.05, 4.69) is 63.9 Å². The molecule has 0 spiro atoms. The van der Waals surface area contributed by atoms with Crippen LogP contribution in [0.15, 0.2) is 24.3 Å². The second-order valence-corrected chi connectivity index (χ2v) is 8.02. The summed E-state index contributed by atoms with van der Waals surface area (Å²) in [6.45, 7) is 10.3. The third-order valence-electron chi connectivity index (χ3n) is 5.22. The number of rotatable bonds is 3. The Kier molecular flexibility index (Phi) is 4.98. The molecular weight excluding hydrogens is 256 g/mol. The van der Waals surface area contributed by atoms with Gasteiger partial charge in [-0.25, -0.2) is 0 Å². The molecule has 1 aromatic carbocycles. The van der Waals surface area contributed by atoms with Crippen LogP contribution in [0.1, 0.15) is 45.6 Å². The highest BCUT2D eigenvalue weighted by atomic mass is 15.1. The van der Waals surface area contributed by atoms with Crippen LogP contribution < -0.4 is 10.6 Å². The van der Waals surface area contributed by atoms with E-state index in [1.165, 1.54) is 30.5 Å². The standard InChI is InChI=1S/C19H32N2/c1-14-7-6-8-17(11-14)21(5)13-15-12-16(19(2,3)4)9-10-18(15)20/h6-8,11,15-16,18H,9-10,12-13,20H2,1-5H3. The smallest absolute Gasteiger partial charge is 0.0366 e. The average Bonchev–Trinajstić information content (AvgIpc) is 2.40. The molecule has 0 saturated heterocycles. The van der Waals surface area contributed by atoms with Crippen molar-refractivity contribution in [1.29, 1.82) is 0 Å². The van der Waals surface area contributed by atoms with Crippen molar-refractivity contribution >= 4 is 5.69 Å². The highest BCUT2D eigenvalue weighted by Crippen LogP contribution is 2.40. The van der Waals surface area contributed by atoms with Gasteiger partial charge in [-0.3, -0.25) is 0 Å². The predicted molar refractivity (Wildman–Crippen MR) is 92.7 cm³/mol. The SMILES string of the molecule is Cc1cccc(N(C)CC2CC(C(C)(C)C)CCC2N)c1. The van der Waals surface area contributed by atoms with Gasteiger partial charge in [0.1, 0.15) is 0 Å². The number of hydrogen-bond acceptors (Lipinski definition) is 2. The van der Waals surface area contributed by atoms with Crippen molar-refractivity contribution in [2.24, 2.45) is 23.0 Å². The van der Waals surface area contributed by atoms with Gasteiger partial charge in [0.25, 0.3) is 0 Å². The molecular formula is C19H32N2. The molecule has 1 aliphatic rings. The van der Waals surface area contributed by atoms with Crippen LogP contribution in [0, 0.1) is 24.2 Å². The molecule has 21 heavy (non-hydrogen) atoms. The van der Waals surface area contributed by atoms with Gasteiger partial charge in [-0.05, 0) is 61.1 Å². The average molecular weight is 288 g/mol. The van der Waals surface area contributed by atoms with Crippen LogP contribution in [-0.4, -0.2) is 19.6 Å². The Bertz CT molecular complexity index is 461. The highest BCUT2D eigenvalue weighted by Gasteiger charge is 2.34. The molecule has 2 heteroatoms. The maximum Gasteiger partial charge on any atom is 0.0366 e. The van der Waals surface area contributed by atoms with Crippen molar-refractivity contribution in [1.82, 2.24) is 0 Å². The molecule has 0 amide bonds. The molecule has 1 fully saturated rings. The van der Waals surface area contributed by atoms with Gasteiger partial charge in [-0.2, -0.15) is 0 Å². The number of nitrogens with zero attached hydrogens (tertiary/aromatic N) is 1. The topological polar surface area (TPSA) is 29.3 Å². The Balaban J connectivity index is 2.03. The van der Waals surface area contributed by atoms with E-state index in [0.29, 0.717) is 17.4 Å². The van der Waals surface area contributed by atoms with Gasteiger partial charge in [0.15, 0.2) is 0 Å². The summed E-state index contributed by atoms with van der Waals surface area (Å²) in [6, 6.07) is 9.10. The predicted octanol–water partition coefficient (Wildman–Crippen LogP) is 4.22. The number of benzene rings is 1. The Labute approximate surface area is 130 Å². The Hall–Kier alpha value is -1.02. The molecule has 2 nitrogen and oxygen atoms in total. The van der Waals surface area contributed by atoms with Crippen LogP contribution in [0.2, 0.25) is 0 Å². The minimum absolute atomic E-state index is 0.357. The first-order valence-electron chi connectivity index (χ1n) is 8.30. The van der Waals surface area contributed by atoms with Gasteiger partial charge in [0, 0.05) is 25.3 Å². The Morgan fingerprint density at radius 2 is 1.95 bits per heavy atom. The summed E-state index contributed by atoms with van der Waals surface area (Å²) in [4.78, 5) is 2.38. The van der Waals surface area contributed by atoms with Crippen LogP contribution >= 0.6 is 0 Å². The van der Waals surface area contributed by atoms with E-state index >= 15 is 0 Å². The largest absolute Gasteiger partial charge is 0.374 e. The van der Waals surface area contributed by atoms with Crippen molar-refractivity contribution in [2.75, 3.05) is 18.5 Å². The Morgan fingerprint density at radius 1 is 1.24 bits per heavy atom. The van der Waals surface area contributed by atoms with Crippen LogP contribution in [0.4, 0.5) is 5.69 Å². The molecule has 0 bridgehead atoms. The molecule has 0 heterocycles. The fraction of sp³-hybridized carbons (Fsp3) is 0.684. The van der Waals surface area contributed by atoms with Gasteiger partial charge >= 0.3 is 0 Å². The highest BCUT2D eigenvalue weighted by molar-refractivity contribution is 5.47. The van der Waals surface area contributed by atoms with Crippen molar-refractivity contribution in [3.63, 3.8) is 0 Å². The summed E-state index contributed by atoms with van der Waals surface area (Å²) >= 11 is 0. The van der Waals surface area contributed by atoms with Crippen LogP contribution in [0.5, 0.6) is 0 Å². The van der Waals surface area contributed by atoms with Gasteiger partial charge in [0.05, 0.1) is 0 Å². The lowest BCUT2D eigenvalue weighted by molar-refractivity contribution is 0.129. The van der Waals surface area contributed by atoms with Crippen molar-refractivity contribution in [3.8, 4) is 0 Å². The van der Waals surface area contributed by atoms with Crippen molar-refractivity contribution < 1.29 is 0 Å². The molecule has 2 N–H and O–H groups in total. The van der Waals surface area contributed by atoms with E-state index in [9.17, 15) is 0 Å². The zero-order chi connectivity index (χ0) is 15.6. The van der Waals surface area contributed by atoms with Gasteiger partial charge < -0.3 is 10.6 Å². The number of anilines is 1. The molecule has 0 aromatic heterocycles. The summed E-state index contributed by atoms with van der Waals surface area (Å²) in [6.07, 6.45) is 3.73. The lowest BCUT2D eigenvalue weighted by Crippen LogP contribution is -2.44. The number of nitrogens with two attached hydrogens (primary N) is 1.